The predicted octanol–water partition coefficient (Wildman–Crippen LogP) is 4.06. The summed E-state index contributed by atoms with van der Waals surface area (Å²) in [5, 5.41) is 4.90. The van der Waals surface area contributed by atoms with Crippen molar-refractivity contribution in [2.45, 2.75) is 18.6 Å². The normalized spacial score (nSPS) is 19.9. The van der Waals surface area contributed by atoms with Crippen molar-refractivity contribution in [3.05, 3.63) is 52.8 Å². The van der Waals surface area contributed by atoms with Gasteiger partial charge in [0.05, 0.1) is 16.8 Å². The van der Waals surface area contributed by atoms with E-state index in [0.29, 0.717) is 0 Å². The zero-order valence-electron chi connectivity index (χ0n) is 12.8. The number of carbonyl (C=O) groups is 1. The average molecular weight is 373 g/mol. The van der Waals surface area contributed by atoms with Crippen molar-refractivity contribution in [2.75, 3.05) is 11.9 Å². The SMILES string of the molecule is O=C(Nc1cccc(-c2cc(F)c(F)cc2Cl)c1F)[C@@H]1C[C@@H](F)CN1. The van der Waals surface area contributed by atoms with Crippen molar-refractivity contribution >= 4 is 23.2 Å². The molecule has 0 spiro atoms. The lowest BCUT2D eigenvalue weighted by Crippen LogP contribution is -2.35. The fraction of sp³-hybridized carbons (Fsp3) is 0.235. The van der Waals surface area contributed by atoms with Gasteiger partial charge in [-0.2, -0.15) is 0 Å². The Balaban J connectivity index is 1.90. The number of halogens is 5. The largest absolute Gasteiger partial charge is 0.322 e. The molecule has 0 radical (unpaired) electrons. The van der Waals surface area contributed by atoms with Crippen LogP contribution in [0.3, 0.4) is 0 Å². The molecular weight excluding hydrogens is 360 g/mol. The van der Waals surface area contributed by atoms with Gasteiger partial charge in [-0.05, 0) is 18.2 Å². The van der Waals surface area contributed by atoms with Crippen molar-refractivity contribution in [3.63, 3.8) is 0 Å². The molecule has 1 aliphatic rings. The molecule has 0 aromatic heterocycles. The molecule has 1 aliphatic heterocycles. The van der Waals surface area contributed by atoms with Gasteiger partial charge in [-0.15, -0.1) is 0 Å². The van der Waals surface area contributed by atoms with Gasteiger partial charge in [-0.3, -0.25) is 4.79 Å². The van der Waals surface area contributed by atoms with Crippen molar-refractivity contribution in [2.24, 2.45) is 0 Å². The summed E-state index contributed by atoms with van der Waals surface area (Å²) in [4.78, 5) is 12.1. The number of amides is 1. The third-order valence-electron chi connectivity index (χ3n) is 3.95. The van der Waals surface area contributed by atoms with Gasteiger partial charge in [0.1, 0.15) is 6.17 Å². The number of anilines is 1. The van der Waals surface area contributed by atoms with E-state index in [9.17, 15) is 22.4 Å². The molecule has 1 saturated heterocycles. The molecule has 25 heavy (non-hydrogen) atoms. The number of alkyl halides is 1. The third-order valence-corrected chi connectivity index (χ3v) is 4.26. The van der Waals surface area contributed by atoms with Crippen molar-refractivity contribution in [1.82, 2.24) is 5.32 Å². The molecule has 8 heteroatoms. The van der Waals surface area contributed by atoms with E-state index in [1.807, 2.05) is 0 Å². The van der Waals surface area contributed by atoms with Gasteiger partial charge >= 0.3 is 0 Å². The van der Waals surface area contributed by atoms with E-state index in [1.165, 1.54) is 18.2 Å². The van der Waals surface area contributed by atoms with Crippen molar-refractivity contribution in [3.8, 4) is 11.1 Å². The van der Waals surface area contributed by atoms with Crippen LogP contribution in [0.5, 0.6) is 0 Å². The highest BCUT2D eigenvalue weighted by atomic mass is 35.5. The van der Waals surface area contributed by atoms with E-state index in [2.05, 4.69) is 10.6 Å². The van der Waals surface area contributed by atoms with E-state index in [4.69, 9.17) is 11.6 Å². The molecule has 1 amide bonds. The maximum absolute atomic E-state index is 14.7. The van der Waals surface area contributed by atoms with Crippen LogP contribution in [0.4, 0.5) is 23.2 Å². The Kier molecular flexibility index (Phi) is 4.96. The highest BCUT2D eigenvalue weighted by molar-refractivity contribution is 6.33. The highest BCUT2D eigenvalue weighted by Crippen LogP contribution is 2.34. The van der Waals surface area contributed by atoms with Gasteiger partial charge in [0.15, 0.2) is 17.5 Å². The lowest BCUT2D eigenvalue weighted by atomic mass is 10.0. The van der Waals surface area contributed by atoms with E-state index >= 15 is 0 Å². The topological polar surface area (TPSA) is 41.1 Å². The summed E-state index contributed by atoms with van der Waals surface area (Å²) in [6, 6.07) is 4.85. The molecule has 0 saturated carbocycles. The first-order valence-electron chi connectivity index (χ1n) is 7.48. The zero-order chi connectivity index (χ0) is 18.1. The minimum Gasteiger partial charge on any atom is -0.322 e. The minimum absolute atomic E-state index is 0.00213. The Labute approximate surface area is 146 Å². The first-order valence-corrected chi connectivity index (χ1v) is 7.86. The van der Waals surface area contributed by atoms with Crippen LogP contribution in [-0.2, 0) is 4.79 Å². The molecule has 1 fully saturated rings. The first kappa shape index (κ1) is 17.7. The lowest BCUT2D eigenvalue weighted by Gasteiger charge is -2.14. The third kappa shape index (κ3) is 3.62. The lowest BCUT2D eigenvalue weighted by molar-refractivity contribution is -0.117. The number of hydrogen-bond donors (Lipinski definition) is 2. The van der Waals surface area contributed by atoms with Gasteiger partial charge in [-0.1, -0.05) is 23.7 Å². The Morgan fingerprint density at radius 2 is 1.88 bits per heavy atom. The fourth-order valence-corrected chi connectivity index (χ4v) is 2.93. The highest BCUT2D eigenvalue weighted by Gasteiger charge is 2.29. The number of carbonyl (C=O) groups excluding carboxylic acids is 1. The Bertz CT molecular complexity index is 831. The van der Waals surface area contributed by atoms with Crippen LogP contribution in [0.15, 0.2) is 30.3 Å². The Morgan fingerprint density at radius 1 is 1.16 bits per heavy atom. The molecule has 2 N–H and O–H groups in total. The molecule has 0 bridgehead atoms. The summed E-state index contributed by atoms with van der Waals surface area (Å²) in [6.45, 7) is 0.0606. The second kappa shape index (κ2) is 7.01. The second-order valence-electron chi connectivity index (χ2n) is 5.70. The predicted molar refractivity (Wildman–Crippen MR) is 86.7 cm³/mol. The van der Waals surface area contributed by atoms with Gasteiger partial charge in [-0.25, -0.2) is 17.6 Å². The molecule has 3 rings (SSSR count). The van der Waals surface area contributed by atoms with Gasteiger partial charge in [0.2, 0.25) is 5.91 Å². The van der Waals surface area contributed by atoms with E-state index in [1.54, 1.807) is 0 Å². The summed E-state index contributed by atoms with van der Waals surface area (Å²) in [6.07, 6.45) is -1.13. The molecular formula is C17H13ClF4N2O. The first-order chi connectivity index (χ1) is 11.9. The minimum atomic E-state index is -1.17. The molecule has 0 aliphatic carbocycles. The van der Waals surface area contributed by atoms with Crippen LogP contribution in [-0.4, -0.2) is 24.7 Å². The number of benzene rings is 2. The van der Waals surface area contributed by atoms with Crippen LogP contribution >= 0.6 is 11.6 Å². The quantitative estimate of drug-likeness (QED) is 0.630. The monoisotopic (exact) mass is 372 g/mol. The van der Waals surface area contributed by atoms with E-state index in [0.717, 1.165) is 12.1 Å². The Morgan fingerprint density at radius 3 is 2.56 bits per heavy atom. The summed E-state index contributed by atoms with van der Waals surface area (Å²) in [5.41, 5.74) is -0.297. The zero-order valence-corrected chi connectivity index (χ0v) is 13.5. The van der Waals surface area contributed by atoms with Crippen LogP contribution in [0.25, 0.3) is 11.1 Å². The Hall–Kier alpha value is -2.12. The van der Waals surface area contributed by atoms with Crippen LogP contribution in [0.1, 0.15) is 6.42 Å². The van der Waals surface area contributed by atoms with Gasteiger partial charge in [0.25, 0.3) is 0 Å². The molecule has 3 nitrogen and oxygen atoms in total. The van der Waals surface area contributed by atoms with Crippen molar-refractivity contribution < 1.29 is 22.4 Å². The van der Waals surface area contributed by atoms with Gasteiger partial charge < -0.3 is 10.6 Å². The smallest absolute Gasteiger partial charge is 0.241 e. The average Bonchev–Trinajstić information content (AvgIpc) is 3.00. The number of rotatable bonds is 3. The van der Waals surface area contributed by atoms with E-state index < -0.39 is 35.6 Å². The van der Waals surface area contributed by atoms with Crippen LogP contribution in [0.2, 0.25) is 5.02 Å². The van der Waals surface area contributed by atoms with Crippen molar-refractivity contribution in [1.29, 1.82) is 0 Å². The fourth-order valence-electron chi connectivity index (χ4n) is 2.68. The maximum Gasteiger partial charge on any atom is 0.241 e. The number of nitrogens with one attached hydrogen (secondary N) is 2. The molecule has 0 unspecified atom stereocenters. The van der Waals surface area contributed by atoms with Gasteiger partial charge in [0, 0.05) is 24.1 Å². The molecule has 2 atom stereocenters. The second-order valence-corrected chi connectivity index (χ2v) is 6.10. The maximum atomic E-state index is 14.7. The molecule has 2 aromatic carbocycles. The van der Waals surface area contributed by atoms with Crippen LogP contribution < -0.4 is 10.6 Å². The number of hydrogen-bond acceptors (Lipinski definition) is 2. The summed E-state index contributed by atoms with van der Waals surface area (Å²) < 4.78 is 54.5. The van der Waals surface area contributed by atoms with Crippen LogP contribution in [0, 0.1) is 17.5 Å². The molecule has 132 valence electrons. The summed E-state index contributed by atoms with van der Waals surface area (Å²) in [5.74, 6) is -3.74. The summed E-state index contributed by atoms with van der Waals surface area (Å²) >= 11 is 5.87. The van der Waals surface area contributed by atoms with E-state index in [-0.39, 0.29) is 34.8 Å². The molecule has 1 heterocycles. The molecule has 2 aromatic rings. The summed E-state index contributed by atoms with van der Waals surface area (Å²) in [7, 11) is 0. The standard InChI is InChI=1S/C17H13ClF4N2O/c18-11-6-13(21)12(20)5-10(11)9-2-1-3-14(16(9)22)24-17(25)15-4-8(19)7-23-15/h1-3,5-6,8,15,23H,4,7H2,(H,24,25)/t8-,15+/m1/s1.